The minimum absolute atomic E-state index is 0.405. The Labute approximate surface area is 137 Å². The molecule has 8 heteroatoms. The van der Waals surface area contributed by atoms with Crippen molar-refractivity contribution in [2.24, 2.45) is 0 Å². The van der Waals surface area contributed by atoms with Crippen LogP contribution in [-0.4, -0.2) is 45.8 Å². The molecule has 120 valence electrons. The minimum atomic E-state index is 0.405. The highest BCUT2D eigenvalue weighted by molar-refractivity contribution is 7.13. The average molecular weight is 331 g/mol. The van der Waals surface area contributed by atoms with E-state index in [-0.39, 0.29) is 0 Å². The van der Waals surface area contributed by atoms with Gasteiger partial charge in [-0.15, -0.1) is 21.5 Å². The van der Waals surface area contributed by atoms with E-state index < -0.39 is 0 Å². The summed E-state index contributed by atoms with van der Waals surface area (Å²) in [7, 11) is 0. The van der Waals surface area contributed by atoms with Gasteiger partial charge in [-0.3, -0.25) is 4.90 Å². The molecule has 0 spiro atoms. The van der Waals surface area contributed by atoms with Crippen molar-refractivity contribution >= 4 is 16.5 Å². The third kappa shape index (κ3) is 2.99. The maximum absolute atomic E-state index is 5.68. The van der Waals surface area contributed by atoms with Crippen molar-refractivity contribution in [3.8, 4) is 11.7 Å². The maximum Gasteiger partial charge on any atom is 0.283 e. The van der Waals surface area contributed by atoms with Crippen LogP contribution in [0, 0.1) is 0 Å². The highest BCUT2D eigenvalue weighted by atomic mass is 32.1. The summed E-state index contributed by atoms with van der Waals surface area (Å²) in [4.78, 5) is 9.08. The van der Waals surface area contributed by atoms with Crippen LogP contribution in [0.4, 0.5) is 5.13 Å². The smallest absolute Gasteiger partial charge is 0.283 e. The van der Waals surface area contributed by atoms with E-state index in [1.165, 1.54) is 0 Å². The number of rotatable bonds is 4. The first-order chi connectivity index (χ1) is 11.3. The zero-order valence-corrected chi connectivity index (χ0v) is 13.6. The highest BCUT2D eigenvalue weighted by Crippen LogP contribution is 2.24. The lowest BCUT2D eigenvalue weighted by atomic mass is 10.2. The van der Waals surface area contributed by atoms with Crippen molar-refractivity contribution in [2.75, 3.05) is 24.5 Å². The Morgan fingerprint density at radius 1 is 1.35 bits per heavy atom. The van der Waals surface area contributed by atoms with Crippen molar-refractivity contribution in [1.82, 2.24) is 20.1 Å². The SMILES string of the molecule is C[C@H]1CN(Cc2nnc(-c3ccco3)o2)CCN1c1nccs1. The molecule has 0 N–H and O–H groups in total. The number of anilines is 1. The summed E-state index contributed by atoms with van der Waals surface area (Å²) >= 11 is 1.69. The summed E-state index contributed by atoms with van der Waals surface area (Å²) in [6, 6.07) is 4.02. The van der Waals surface area contributed by atoms with E-state index in [0.29, 0.717) is 30.1 Å². The largest absolute Gasteiger partial charge is 0.459 e. The zero-order chi connectivity index (χ0) is 15.6. The number of furan rings is 1. The van der Waals surface area contributed by atoms with Crippen LogP contribution in [0.25, 0.3) is 11.7 Å². The number of hydrogen-bond acceptors (Lipinski definition) is 8. The summed E-state index contributed by atoms with van der Waals surface area (Å²) in [6.45, 7) is 5.72. The molecule has 4 heterocycles. The maximum atomic E-state index is 5.68. The van der Waals surface area contributed by atoms with Crippen LogP contribution in [0.15, 0.2) is 38.8 Å². The van der Waals surface area contributed by atoms with Crippen molar-refractivity contribution in [3.05, 3.63) is 35.9 Å². The second-order valence-corrected chi connectivity index (χ2v) is 6.44. The monoisotopic (exact) mass is 331 g/mol. The van der Waals surface area contributed by atoms with Crippen LogP contribution >= 0.6 is 11.3 Å². The van der Waals surface area contributed by atoms with Gasteiger partial charge < -0.3 is 13.7 Å². The number of thiazole rings is 1. The van der Waals surface area contributed by atoms with Gasteiger partial charge in [0, 0.05) is 37.3 Å². The second-order valence-electron chi connectivity index (χ2n) is 5.57. The molecule has 0 radical (unpaired) electrons. The molecule has 1 aliphatic rings. The lowest BCUT2D eigenvalue weighted by Gasteiger charge is -2.39. The topological polar surface area (TPSA) is 71.4 Å². The first kappa shape index (κ1) is 14.4. The van der Waals surface area contributed by atoms with Gasteiger partial charge in [-0.2, -0.15) is 0 Å². The van der Waals surface area contributed by atoms with Gasteiger partial charge in [-0.25, -0.2) is 4.98 Å². The predicted octanol–water partition coefficient (Wildman–Crippen LogP) is 2.50. The lowest BCUT2D eigenvalue weighted by Crippen LogP contribution is -2.51. The Bertz CT molecular complexity index is 740. The van der Waals surface area contributed by atoms with E-state index in [1.54, 1.807) is 23.7 Å². The third-order valence-corrected chi connectivity index (χ3v) is 4.74. The number of nitrogens with zero attached hydrogens (tertiary/aromatic N) is 5. The van der Waals surface area contributed by atoms with Crippen molar-refractivity contribution in [2.45, 2.75) is 19.5 Å². The van der Waals surface area contributed by atoms with E-state index in [1.807, 2.05) is 17.6 Å². The van der Waals surface area contributed by atoms with Gasteiger partial charge >= 0.3 is 0 Å². The van der Waals surface area contributed by atoms with E-state index >= 15 is 0 Å². The van der Waals surface area contributed by atoms with Crippen LogP contribution in [0.2, 0.25) is 0 Å². The van der Waals surface area contributed by atoms with E-state index in [4.69, 9.17) is 8.83 Å². The lowest BCUT2D eigenvalue weighted by molar-refractivity contribution is 0.202. The zero-order valence-electron chi connectivity index (χ0n) is 12.8. The Morgan fingerprint density at radius 2 is 2.30 bits per heavy atom. The Kier molecular flexibility index (Phi) is 3.84. The first-order valence-corrected chi connectivity index (χ1v) is 8.42. The molecule has 1 atom stereocenters. The number of piperazine rings is 1. The molecule has 0 bridgehead atoms. The molecule has 4 rings (SSSR count). The summed E-state index contributed by atoms with van der Waals surface area (Å²) in [5.41, 5.74) is 0. The standard InChI is InChI=1S/C15H17N5O2S/c1-11-9-19(5-6-20(11)15-16-4-8-23-15)10-13-17-18-14(22-13)12-3-2-7-21-12/h2-4,7-8,11H,5-6,9-10H2,1H3/t11-/m0/s1. The van der Waals surface area contributed by atoms with Gasteiger partial charge in [0.25, 0.3) is 5.89 Å². The summed E-state index contributed by atoms with van der Waals surface area (Å²) in [6.07, 6.45) is 3.45. The van der Waals surface area contributed by atoms with E-state index in [2.05, 4.69) is 31.9 Å². The van der Waals surface area contributed by atoms with Crippen LogP contribution in [0.5, 0.6) is 0 Å². The van der Waals surface area contributed by atoms with E-state index in [0.717, 1.165) is 24.8 Å². The van der Waals surface area contributed by atoms with Gasteiger partial charge in [0.2, 0.25) is 5.89 Å². The van der Waals surface area contributed by atoms with Gasteiger partial charge in [0.05, 0.1) is 12.8 Å². The fourth-order valence-electron chi connectivity index (χ4n) is 2.83. The Hall–Kier alpha value is -2.19. The molecule has 3 aromatic rings. The summed E-state index contributed by atoms with van der Waals surface area (Å²) < 4.78 is 11.0. The number of aromatic nitrogens is 3. The highest BCUT2D eigenvalue weighted by Gasteiger charge is 2.26. The molecule has 0 unspecified atom stereocenters. The van der Waals surface area contributed by atoms with Gasteiger partial charge in [-0.1, -0.05) is 0 Å². The van der Waals surface area contributed by atoms with E-state index in [9.17, 15) is 0 Å². The molecular weight excluding hydrogens is 314 g/mol. The van der Waals surface area contributed by atoms with Crippen LogP contribution in [0.3, 0.4) is 0 Å². The molecule has 0 aromatic carbocycles. The van der Waals surface area contributed by atoms with Gasteiger partial charge in [0.1, 0.15) is 0 Å². The normalized spacial score (nSPS) is 19.3. The van der Waals surface area contributed by atoms with Crippen LogP contribution < -0.4 is 4.90 Å². The fraction of sp³-hybridized carbons (Fsp3) is 0.400. The van der Waals surface area contributed by atoms with Crippen LogP contribution in [-0.2, 0) is 6.54 Å². The van der Waals surface area contributed by atoms with Crippen molar-refractivity contribution in [3.63, 3.8) is 0 Å². The first-order valence-electron chi connectivity index (χ1n) is 7.54. The molecule has 7 nitrogen and oxygen atoms in total. The molecule has 1 aliphatic heterocycles. The van der Waals surface area contributed by atoms with Crippen molar-refractivity contribution < 1.29 is 8.83 Å². The molecule has 1 saturated heterocycles. The third-order valence-electron chi connectivity index (χ3n) is 3.93. The second kappa shape index (κ2) is 6.13. The van der Waals surface area contributed by atoms with Gasteiger partial charge in [-0.05, 0) is 19.1 Å². The molecular formula is C15H17N5O2S. The fourth-order valence-corrected chi connectivity index (χ4v) is 3.60. The summed E-state index contributed by atoms with van der Waals surface area (Å²) in [5, 5.41) is 11.3. The Balaban J connectivity index is 1.39. The van der Waals surface area contributed by atoms with Gasteiger partial charge in [0.15, 0.2) is 10.9 Å². The van der Waals surface area contributed by atoms with Crippen molar-refractivity contribution in [1.29, 1.82) is 0 Å². The molecule has 0 aliphatic carbocycles. The molecule has 1 fully saturated rings. The summed E-state index contributed by atoms with van der Waals surface area (Å²) in [5.74, 6) is 1.65. The predicted molar refractivity (Wildman–Crippen MR) is 86.2 cm³/mol. The van der Waals surface area contributed by atoms with Crippen LogP contribution in [0.1, 0.15) is 12.8 Å². The Morgan fingerprint density at radius 3 is 3.04 bits per heavy atom. The number of hydrogen-bond donors (Lipinski definition) is 0. The average Bonchev–Trinajstić information content (AvgIpc) is 3.30. The molecule has 3 aromatic heterocycles. The molecule has 0 amide bonds. The molecule has 23 heavy (non-hydrogen) atoms. The minimum Gasteiger partial charge on any atom is -0.459 e. The quantitative estimate of drug-likeness (QED) is 0.727. The molecule has 0 saturated carbocycles.